The van der Waals surface area contributed by atoms with Crippen LogP contribution in [-0.2, 0) is 4.79 Å². The summed E-state index contributed by atoms with van der Waals surface area (Å²) in [6, 6.07) is -0.488. The molecule has 2 N–H and O–H groups in total. The number of nitrogens with one attached hydrogen (secondary N) is 1. The van der Waals surface area contributed by atoms with Gasteiger partial charge in [0.1, 0.15) is 6.54 Å². The normalized spacial score (nSPS) is 12.3. The first-order chi connectivity index (χ1) is 6.88. The van der Waals surface area contributed by atoms with Crippen LogP contribution in [0.3, 0.4) is 0 Å². The van der Waals surface area contributed by atoms with E-state index in [1.54, 1.807) is 14.1 Å². The minimum absolute atomic E-state index is 0.0963. The molecule has 0 saturated heterocycles. The fourth-order valence-corrected chi connectivity index (χ4v) is 1.05. The maximum Gasteiger partial charge on any atom is 0.332 e. The summed E-state index contributed by atoms with van der Waals surface area (Å²) in [6.45, 7) is 3.44. The molecule has 0 aromatic carbocycles. The SMILES string of the molecule is CCC(C)N(CC(=O)O)C(=O)NN(C)C. The number of amides is 2. The molecule has 0 bridgehead atoms. The number of hydrogen-bond donors (Lipinski definition) is 2. The van der Waals surface area contributed by atoms with Gasteiger partial charge in [-0.05, 0) is 13.3 Å². The molecule has 6 heteroatoms. The largest absolute Gasteiger partial charge is 0.480 e. The molecule has 0 aromatic rings. The van der Waals surface area contributed by atoms with Crippen molar-refractivity contribution in [1.29, 1.82) is 0 Å². The lowest BCUT2D eigenvalue weighted by Gasteiger charge is -2.28. The molecule has 0 aliphatic rings. The molecular formula is C9H19N3O3. The summed E-state index contributed by atoms with van der Waals surface area (Å²) in [6.07, 6.45) is 0.716. The van der Waals surface area contributed by atoms with E-state index >= 15 is 0 Å². The van der Waals surface area contributed by atoms with Crippen LogP contribution in [-0.4, -0.2) is 53.7 Å². The summed E-state index contributed by atoms with van der Waals surface area (Å²) >= 11 is 0. The molecule has 88 valence electrons. The van der Waals surface area contributed by atoms with E-state index in [0.717, 1.165) is 0 Å². The lowest BCUT2D eigenvalue weighted by molar-refractivity contribution is -0.138. The van der Waals surface area contributed by atoms with Gasteiger partial charge in [0.15, 0.2) is 0 Å². The second kappa shape index (κ2) is 6.23. The smallest absolute Gasteiger partial charge is 0.332 e. The van der Waals surface area contributed by atoms with E-state index in [9.17, 15) is 9.59 Å². The number of urea groups is 1. The van der Waals surface area contributed by atoms with E-state index in [1.807, 2.05) is 13.8 Å². The van der Waals surface area contributed by atoms with Gasteiger partial charge in [0.05, 0.1) is 0 Å². The number of carbonyl (C=O) groups excluding carboxylic acids is 1. The quantitative estimate of drug-likeness (QED) is 0.652. The van der Waals surface area contributed by atoms with Gasteiger partial charge in [-0.2, -0.15) is 0 Å². The van der Waals surface area contributed by atoms with E-state index < -0.39 is 12.0 Å². The van der Waals surface area contributed by atoms with E-state index in [2.05, 4.69) is 5.43 Å². The highest BCUT2D eigenvalue weighted by Gasteiger charge is 2.21. The zero-order chi connectivity index (χ0) is 12.0. The third-order valence-corrected chi connectivity index (χ3v) is 2.01. The van der Waals surface area contributed by atoms with Gasteiger partial charge in [-0.3, -0.25) is 10.2 Å². The van der Waals surface area contributed by atoms with Crippen LogP contribution in [0.4, 0.5) is 4.79 Å². The highest BCUT2D eigenvalue weighted by atomic mass is 16.4. The highest BCUT2D eigenvalue weighted by molar-refractivity contribution is 5.80. The van der Waals surface area contributed by atoms with Crippen molar-refractivity contribution in [3.8, 4) is 0 Å². The van der Waals surface area contributed by atoms with Crippen LogP contribution in [0, 0.1) is 0 Å². The molecule has 0 aromatic heterocycles. The van der Waals surface area contributed by atoms with Crippen molar-refractivity contribution in [2.45, 2.75) is 26.3 Å². The summed E-state index contributed by atoms with van der Waals surface area (Å²) in [5, 5.41) is 10.2. The minimum atomic E-state index is -1.01. The first-order valence-electron chi connectivity index (χ1n) is 4.84. The Labute approximate surface area is 89.8 Å². The summed E-state index contributed by atoms with van der Waals surface area (Å²) in [4.78, 5) is 23.5. The van der Waals surface area contributed by atoms with Gasteiger partial charge in [-0.25, -0.2) is 9.80 Å². The highest BCUT2D eigenvalue weighted by Crippen LogP contribution is 2.03. The molecule has 0 rings (SSSR count). The molecule has 0 fully saturated rings. The predicted molar refractivity (Wildman–Crippen MR) is 56.3 cm³/mol. The van der Waals surface area contributed by atoms with Crippen LogP contribution in [0.25, 0.3) is 0 Å². The third kappa shape index (κ3) is 5.21. The van der Waals surface area contributed by atoms with Crippen LogP contribution >= 0.6 is 0 Å². The average Bonchev–Trinajstić information content (AvgIpc) is 2.11. The van der Waals surface area contributed by atoms with Crippen LogP contribution < -0.4 is 5.43 Å². The van der Waals surface area contributed by atoms with Gasteiger partial charge < -0.3 is 10.0 Å². The topological polar surface area (TPSA) is 72.9 Å². The fourth-order valence-electron chi connectivity index (χ4n) is 1.05. The number of carboxylic acid groups (broad SMARTS) is 1. The number of aliphatic carboxylic acids is 1. The van der Waals surface area contributed by atoms with Crippen LogP contribution in [0.15, 0.2) is 0 Å². The molecule has 0 spiro atoms. The molecule has 0 aliphatic carbocycles. The van der Waals surface area contributed by atoms with E-state index in [1.165, 1.54) is 9.91 Å². The van der Waals surface area contributed by atoms with Gasteiger partial charge in [0.2, 0.25) is 0 Å². The van der Waals surface area contributed by atoms with Crippen LogP contribution in [0.2, 0.25) is 0 Å². The Morgan fingerprint density at radius 2 is 1.93 bits per heavy atom. The van der Waals surface area contributed by atoms with E-state index in [4.69, 9.17) is 5.11 Å². The zero-order valence-corrected chi connectivity index (χ0v) is 9.65. The number of carboxylic acids is 1. The number of hydrazine groups is 1. The molecule has 1 unspecified atom stereocenters. The zero-order valence-electron chi connectivity index (χ0n) is 9.65. The Bertz CT molecular complexity index is 231. The Morgan fingerprint density at radius 1 is 1.40 bits per heavy atom. The molecule has 0 aliphatic heterocycles. The molecule has 0 saturated carbocycles. The number of hydrogen-bond acceptors (Lipinski definition) is 3. The second-order valence-electron chi connectivity index (χ2n) is 3.59. The Hall–Kier alpha value is -1.30. The van der Waals surface area contributed by atoms with Crippen molar-refractivity contribution in [2.75, 3.05) is 20.6 Å². The number of rotatable bonds is 5. The average molecular weight is 217 g/mol. The van der Waals surface area contributed by atoms with Gasteiger partial charge in [-0.15, -0.1) is 0 Å². The van der Waals surface area contributed by atoms with Crippen molar-refractivity contribution in [3.05, 3.63) is 0 Å². The Kier molecular flexibility index (Phi) is 5.69. The molecule has 1 atom stereocenters. The maximum absolute atomic E-state index is 11.6. The van der Waals surface area contributed by atoms with E-state index in [-0.39, 0.29) is 12.6 Å². The minimum Gasteiger partial charge on any atom is -0.480 e. The maximum atomic E-state index is 11.6. The molecule has 2 amide bonds. The van der Waals surface area contributed by atoms with E-state index in [0.29, 0.717) is 6.42 Å². The van der Waals surface area contributed by atoms with Crippen molar-refractivity contribution in [1.82, 2.24) is 15.3 Å². The molecule has 15 heavy (non-hydrogen) atoms. The van der Waals surface area contributed by atoms with Crippen molar-refractivity contribution in [2.24, 2.45) is 0 Å². The second-order valence-corrected chi connectivity index (χ2v) is 3.59. The van der Waals surface area contributed by atoms with Crippen LogP contribution in [0.5, 0.6) is 0 Å². The molecule has 0 radical (unpaired) electrons. The standard InChI is InChI=1S/C9H19N3O3/c1-5-7(2)12(6-8(13)14)9(15)10-11(3)4/h7H,5-6H2,1-4H3,(H,10,15)(H,13,14). The van der Waals surface area contributed by atoms with Gasteiger partial charge in [0.25, 0.3) is 0 Å². The first kappa shape index (κ1) is 13.7. The molecule has 6 nitrogen and oxygen atoms in total. The predicted octanol–water partition coefficient (Wildman–Crippen LogP) is 0.358. The van der Waals surface area contributed by atoms with Gasteiger partial charge in [0, 0.05) is 20.1 Å². The van der Waals surface area contributed by atoms with Crippen LogP contribution in [0.1, 0.15) is 20.3 Å². The van der Waals surface area contributed by atoms with Crippen molar-refractivity contribution < 1.29 is 14.7 Å². The monoisotopic (exact) mass is 217 g/mol. The molecule has 0 heterocycles. The van der Waals surface area contributed by atoms with Crippen molar-refractivity contribution in [3.63, 3.8) is 0 Å². The number of carbonyl (C=O) groups is 2. The first-order valence-corrected chi connectivity index (χ1v) is 4.84. The van der Waals surface area contributed by atoms with Crippen molar-refractivity contribution >= 4 is 12.0 Å². The lowest BCUT2D eigenvalue weighted by atomic mass is 10.2. The summed E-state index contributed by atoms with van der Waals surface area (Å²) in [7, 11) is 3.35. The summed E-state index contributed by atoms with van der Waals surface area (Å²) in [5.41, 5.74) is 2.52. The Balaban J connectivity index is 4.47. The van der Waals surface area contributed by atoms with Gasteiger partial charge >= 0.3 is 12.0 Å². The van der Waals surface area contributed by atoms with Gasteiger partial charge in [-0.1, -0.05) is 6.92 Å². The summed E-state index contributed by atoms with van der Waals surface area (Å²) < 4.78 is 0. The Morgan fingerprint density at radius 3 is 2.27 bits per heavy atom. The third-order valence-electron chi connectivity index (χ3n) is 2.01. The lowest BCUT2D eigenvalue weighted by Crippen LogP contribution is -2.50. The summed E-state index contributed by atoms with van der Waals surface area (Å²) in [5.74, 6) is -1.01. The number of nitrogens with zero attached hydrogens (tertiary/aromatic N) is 2. The molecular weight excluding hydrogens is 198 g/mol. The fraction of sp³-hybridized carbons (Fsp3) is 0.778.